The molecule has 78 valence electrons. The van der Waals surface area contributed by atoms with Crippen LogP contribution in [0.1, 0.15) is 17.7 Å². The first-order valence-corrected chi connectivity index (χ1v) is 7.01. The molecule has 1 aliphatic heterocycles. The van der Waals surface area contributed by atoms with Gasteiger partial charge in [0.1, 0.15) is 0 Å². The van der Waals surface area contributed by atoms with Crippen LogP contribution in [-0.4, -0.2) is 23.3 Å². The van der Waals surface area contributed by atoms with Crippen molar-refractivity contribution in [2.45, 2.75) is 23.8 Å². The predicted molar refractivity (Wildman–Crippen MR) is 64.3 cm³/mol. The number of thiazole rings is 1. The molecular formula is C9H13ClN2S2. The quantitative estimate of drug-likeness (QED) is 0.891. The minimum atomic E-state index is 0.658. The summed E-state index contributed by atoms with van der Waals surface area (Å²) in [5, 5.41) is 4.19. The Morgan fingerprint density at radius 2 is 2.36 bits per heavy atom. The van der Waals surface area contributed by atoms with E-state index in [0.717, 1.165) is 11.0 Å². The molecule has 1 saturated heterocycles. The Bertz CT molecular complexity index is 284. The molecule has 0 atom stereocenters. The minimum absolute atomic E-state index is 0.658. The topological polar surface area (TPSA) is 24.9 Å². The molecule has 1 aromatic rings. The van der Waals surface area contributed by atoms with Gasteiger partial charge in [0.25, 0.3) is 0 Å². The largest absolute Gasteiger partial charge is 0.317 e. The van der Waals surface area contributed by atoms with Crippen molar-refractivity contribution >= 4 is 34.7 Å². The Morgan fingerprint density at radius 1 is 1.57 bits per heavy atom. The molecule has 2 rings (SSSR count). The first-order valence-electron chi connectivity index (χ1n) is 4.77. The lowest BCUT2D eigenvalue weighted by Crippen LogP contribution is -2.29. The van der Waals surface area contributed by atoms with Gasteiger partial charge in [0.05, 0.1) is 0 Å². The van der Waals surface area contributed by atoms with Crippen LogP contribution in [0.15, 0.2) is 6.20 Å². The van der Waals surface area contributed by atoms with Crippen LogP contribution in [-0.2, 0) is 5.75 Å². The molecule has 1 aromatic heterocycles. The second kappa shape index (κ2) is 5.35. The lowest BCUT2D eigenvalue weighted by molar-refractivity contribution is 0.531. The zero-order valence-electron chi connectivity index (χ0n) is 7.83. The molecule has 14 heavy (non-hydrogen) atoms. The van der Waals surface area contributed by atoms with E-state index < -0.39 is 0 Å². The lowest BCUT2D eigenvalue weighted by atomic mass is 10.2. The van der Waals surface area contributed by atoms with Crippen LogP contribution in [0.25, 0.3) is 0 Å². The van der Waals surface area contributed by atoms with E-state index in [1.165, 1.54) is 30.8 Å². The van der Waals surface area contributed by atoms with Crippen molar-refractivity contribution < 1.29 is 0 Å². The molecule has 0 spiro atoms. The van der Waals surface area contributed by atoms with Gasteiger partial charge in [-0.2, -0.15) is 11.8 Å². The summed E-state index contributed by atoms with van der Waals surface area (Å²) in [6.45, 7) is 2.34. The van der Waals surface area contributed by atoms with E-state index in [-0.39, 0.29) is 0 Å². The van der Waals surface area contributed by atoms with Crippen LogP contribution in [0.3, 0.4) is 0 Å². The van der Waals surface area contributed by atoms with Crippen molar-refractivity contribution in [2.24, 2.45) is 0 Å². The van der Waals surface area contributed by atoms with E-state index in [0.29, 0.717) is 4.47 Å². The molecule has 5 heteroatoms. The molecule has 2 nitrogen and oxygen atoms in total. The van der Waals surface area contributed by atoms with Crippen LogP contribution in [0.5, 0.6) is 0 Å². The number of piperidine rings is 1. The van der Waals surface area contributed by atoms with Crippen molar-refractivity contribution in [3.8, 4) is 0 Å². The normalized spacial score (nSPS) is 18.6. The van der Waals surface area contributed by atoms with E-state index in [2.05, 4.69) is 10.3 Å². The van der Waals surface area contributed by atoms with E-state index in [1.54, 1.807) is 11.3 Å². The highest BCUT2D eigenvalue weighted by atomic mass is 35.5. The van der Waals surface area contributed by atoms with Crippen LogP contribution in [0, 0.1) is 0 Å². The molecular weight excluding hydrogens is 236 g/mol. The summed E-state index contributed by atoms with van der Waals surface area (Å²) in [6.07, 6.45) is 4.47. The third kappa shape index (κ3) is 3.12. The highest BCUT2D eigenvalue weighted by Gasteiger charge is 2.13. The second-order valence-electron chi connectivity index (χ2n) is 3.34. The Labute approximate surface area is 97.5 Å². The fraction of sp³-hybridized carbons (Fsp3) is 0.667. The highest BCUT2D eigenvalue weighted by molar-refractivity contribution is 7.99. The summed E-state index contributed by atoms with van der Waals surface area (Å²) in [5.74, 6) is 1.06. The minimum Gasteiger partial charge on any atom is -0.317 e. The van der Waals surface area contributed by atoms with Gasteiger partial charge in [0.2, 0.25) is 0 Å². The van der Waals surface area contributed by atoms with Gasteiger partial charge in [0, 0.05) is 22.1 Å². The average Bonchev–Trinajstić information content (AvgIpc) is 2.63. The van der Waals surface area contributed by atoms with Crippen LogP contribution < -0.4 is 5.32 Å². The molecule has 0 aromatic carbocycles. The fourth-order valence-corrected chi connectivity index (χ4v) is 3.77. The van der Waals surface area contributed by atoms with Crippen molar-refractivity contribution in [3.05, 3.63) is 15.5 Å². The summed E-state index contributed by atoms with van der Waals surface area (Å²) in [6, 6.07) is 0. The lowest BCUT2D eigenvalue weighted by Gasteiger charge is -2.21. The van der Waals surface area contributed by atoms with Gasteiger partial charge in [-0.3, -0.25) is 0 Å². The molecule has 0 unspecified atom stereocenters. The molecule has 1 aliphatic rings. The first kappa shape index (κ1) is 10.7. The van der Waals surface area contributed by atoms with Crippen molar-refractivity contribution in [2.75, 3.05) is 13.1 Å². The number of nitrogens with one attached hydrogen (secondary N) is 1. The molecule has 1 fully saturated rings. The molecule has 0 saturated carbocycles. The summed E-state index contributed by atoms with van der Waals surface area (Å²) in [5.41, 5.74) is 0. The molecule has 0 radical (unpaired) electrons. The zero-order valence-corrected chi connectivity index (χ0v) is 10.2. The SMILES string of the molecule is Clc1ncc(CSC2CCNCC2)s1. The number of nitrogens with zero attached hydrogens (tertiary/aromatic N) is 1. The van der Waals surface area contributed by atoms with Gasteiger partial charge in [-0.05, 0) is 25.9 Å². The highest BCUT2D eigenvalue weighted by Crippen LogP contribution is 2.27. The van der Waals surface area contributed by atoms with Gasteiger partial charge < -0.3 is 5.32 Å². The van der Waals surface area contributed by atoms with Gasteiger partial charge in [-0.1, -0.05) is 11.6 Å². The third-order valence-corrected chi connectivity index (χ3v) is 4.99. The maximum absolute atomic E-state index is 5.77. The summed E-state index contributed by atoms with van der Waals surface area (Å²) in [4.78, 5) is 5.33. The smallest absolute Gasteiger partial charge is 0.183 e. The predicted octanol–water partition coefficient (Wildman–Crippen LogP) is 2.78. The second-order valence-corrected chi connectivity index (χ2v) is 6.33. The molecule has 2 heterocycles. The first-order chi connectivity index (χ1) is 6.84. The monoisotopic (exact) mass is 248 g/mol. The Morgan fingerprint density at radius 3 is 3.00 bits per heavy atom. The number of hydrogen-bond acceptors (Lipinski definition) is 4. The molecule has 1 N–H and O–H groups in total. The standard InChI is InChI=1S/C9H13ClN2S2/c10-9-12-5-8(14-9)6-13-7-1-3-11-4-2-7/h5,7,11H,1-4,6H2. The fourth-order valence-electron chi connectivity index (χ4n) is 1.51. The molecule has 0 amide bonds. The zero-order chi connectivity index (χ0) is 9.80. The maximum Gasteiger partial charge on any atom is 0.183 e. The number of hydrogen-bond donors (Lipinski definition) is 1. The van der Waals surface area contributed by atoms with Gasteiger partial charge >= 0.3 is 0 Å². The van der Waals surface area contributed by atoms with E-state index in [1.807, 2.05) is 18.0 Å². The van der Waals surface area contributed by atoms with Crippen molar-refractivity contribution in [1.29, 1.82) is 0 Å². The summed E-state index contributed by atoms with van der Waals surface area (Å²) < 4.78 is 0.658. The summed E-state index contributed by atoms with van der Waals surface area (Å²) >= 11 is 9.40. The van der Waals surface area contributed by atoms with Gasteiger partial charge in [-0.25, -0.2) is 4.98 Å². The molecule has 0 bridgehead atoms. The van der Waals surface area contributed by atoms with Crippen molar-refractivity contribution in [3.63, 3.8) is 0 Å². The van der Waals surface area contributed by atoms with E-state index in [9.17, 15) is 0 Å². The van der Waals surface area contributed by atoms with E-state index >= 15 is 0 Å². The number of thioether (sulfide) groups is 1. The van der Waals surface area contributed by atoms with Gasteiger partial charge in [-0.15, -0.1) is 11.3 Å². The number of rotatable bonds is 3. The van der Waals surface area contributed by atoms with Gasteiger partial charge in [0.15, 0.2) is 4.47 Å². The maximum atomic E-state index is 5.77. The van der Waals surface area contributed by atoms with Crippen molar-refractivity contribution in [1.82, 2.24) is 10.3 Å². The Balaban J connectivity index is 1.76. The third-order valence-electron chi connectivity index (χ3n) is 2.27. The Kier molecular flexibility index (Phi) is 4.10. The number of aromatic nitrogens is 1. The van der Waals surface area contributed by atoms with Crippen LogP contribution in [0.2, 0.25) is 4.47 Å². The number of halogens is 1. The average molecular weight is 249 g/mol. The molecule has 0 aliphatic carbocycles. The Hall–Kier alpha value is 0.230. The van der Waals surface area contributed by atoms with Crippen LogP contribution in [0.4, 0.5) is 0 Å². The van der Waals surface area contributed by atoms with E-state index in [4.69, 9.17) is 11.6 Å². The summed E-state index contributed by atoms with van der Waals surface area (Å²) in [7, 11) is 0. The van der Waals surface area contributed by atoms with Crippen LogP contribution >= 0.6 is 34.7 Å².